The number of aromatic nitrogens is 2. The molecule has 2 aromatic carbocycles. The Labute approximate surface area is 129 Å². The summed E-state index contributed by atoms with van der Waals surface area (Å²) in [5.41, 5.74) is 3.02. The van der Waals surface area contributed by atoms with E-state index in [1.807, 2.05) is 30.4 Å². The Kier molecular flexibility index (Phi) is 3.58. The van der Waals surface area contributed by atoms with E-state index in [0.717, 1.165) is 26.6 Å². The Morgan fingerprint density at radius 3 is 2.62 bits per heavy atom. The minimum absolute atomic E-state index is 0.281. The highest BCUT2D eigenvalue weighted by atomic mass is 79.9. The van der Waals surface area contributed by atoms with Crippen molar-refractivity contribution in [3.63, 3.8) is 0 Å². The van der Waals surface area contributed by atoms with E-state index in [1.165, 1.54) is 0 Å². The van der Waals surface area contributed by atoms with Crippen LogP contribution in [0.15, 0.2) is 46.9 Å². The van der Waals surface area contributed by atoms with Gasteiger partial charge in [-0.25, -0.2) is 4.79 Å². The maximum Gasteiger partial charge on any atom is 0.335 e. The van der Waals surface area contributed by atoms with Gasteiger partial charge in [0.25, 0.3) is 0 Å². The number of rotatable bonds is 3. The van der Waals surface area contributed by atoms with E-state index in [0.29, 0.717) is 0 Å². The van der Waals surface area contributed by atoms with E-state index < -0.39 is 5.97 Å². The van der Waals surface area contributed by atoms with Crippen molar-refractivity contribution in [3.05, 3.63) is 63.8 Å². The van der Waals surface area contributed by atoms with Gasteiger partial charge in [-0.15, -0.1) is 0 Å². The van der Waals surface area contributed by atoms with Crippen LogP contribution in [0.2, 0.25) is 0 Å². The number of aromatic amines is 1. The summed E-state index contributed by atoms with van der Waals surface area (Å²) in [5, 5.41) is 17.1. The molecule has 2 N–H and O–H groups in total. The molecule has 0 radical (unpaired) electrons. The second-order valence-corrected chi connectivity index (χ2v) is 5.47. The number of H-pyrrole nitrogens is 1. The van der Waals surface area contributed by atoms with Crippen LogP contribution in [0.1, 0.15) is 21.6 Å². The van der Waals surface area contributed by atoms with Crippen LogP contribution in [0.3, 0.4) is 0 Å². The number of benzene rings is 2. The topological polar surface area (TPSA) is 66.0 Å². The molecule has 0 spiro atoms. The van der Waals surface area contributed by atoms with E-state index >= 15 is 0 Å². The van der Waals surface area contributed by atoms with Crippen LogP contribution < -0.4 is 0 Å². The number of nitrogens with zero attached hydrogens (tertiary/aromatic N) is 1. The summed E-state index contributed by atoms with van der Waals surface area (Å²) in [7, 11) is 0. The van der Waals surface area contributed by atoms with Gasteiger partial charge in [-0.2, -0.15) is 5.10 Å². The van der Waals surface area contributed by atoms with Crippen LogP contribution in [-0.2, 0) is 0 Å². The molecule has 1 aromatic heterocycles. The molecular weight excluding hydrogens is 332 g/mol. The third-order valence-electron chi connectivity index (χ3n) is 3.15. The second kappa shape index (κ2) is 5.54. The van der Waals surface area contributed by atoms with Crippen molar-refractivity contribution in [1.29, 1.82) is 0 Å². The van der Waals surface area contributed by atoms with Crippen molar-refractivity contribution in [3.8, 4) is 0 Å². The molecular formula is C16H11BrN2O2. The Bertz CT molecular complexity index is 835. The molecule has 0 unspecified atom stereocenters. The molecule has 0 bridgehead atoms. The molecule has 0 fully saturated rings. The number of halogens is 1. The predicted molar refractivity (Wildman–Crippen MR) is 86.1 cm³/mol. The highest BCUT2D eigenvalue weighted by Crippen LogP contribution is 2.22. The smallest absolute Gasteiger partial charge is 0.335 e. The van der Waals surface area contributed by atoms with Gasteiger partial charge in [-0.05, 0) is 42.0 Å². The van der Waals surface area contributed by atoms with Gasteiger partial charge in [0.15, 0.2) is 0 Å². The van der Waals surface area contributed by atoms with Crippen molar-refractivity contribution in [1.82, 2.24) is 10.2 Å². The summed E-state index contributed by atoms with van der Waals surface area (Å²) in [6, 6.07) is 12.6. The van der Waals surface area contributed by atoms with Crippen LogP contribution in [-0.4, -0.2) is 21.3 Å². The number of nitrogens with one attached hydrogen (secondary N) is 1. The Morgan fingerprint density at radius 2 is 1.90 bits per heavy atom. The molecule has 0 aliphatic carbocycles. The zero-order valence-corrected chi connectivity index (χ0v) is 12.5. The van der Waals surface area contributed by atoms with Crippen molar-refractivity contribution >= 4 is 45.0 Å². The molecule has 3 aromatic rings. The summed E-state index contributed by atoms with van der Waals surface area (Å²) in [5.74, 6) is -0.921. The van der Waals surface area contributed by atoms with Crippen LogP contribution in [0, 0.1) is 0 Å². The summed E-state index contributed by atoms with van der Waals surface area (Å²) in [4.78, 5) is 10.8. The first-order valence-electron chi connectivity index (χ1n) is 6.28. The number of carboxylic acid groups (broad SMARTS) is 1. The molecule has 1 heterocycles. The fourth-order valence-corrected chi connectivity index (χ4v) is 2.41. The number of hydrogen-bond donors (Lipinski definition) is 2. The van der Waals surface area contributed by atoms with Crippen molar-refractivity contribution in [2.75, 3.05) is 0 Å². The van der Waals surface area contributed by atoms with Gasteiger partial charge in [0.1, 0.15) is 0 Å². The Morgan fingerprint density at radius 1 is 1.14 bits per heavy atom. The average Bonchev–Trinajstić information content (AvgIpc) is 2.88. The van der Waals surface area contributed by atoms with Gasteiger partial charge in [0, 0.05) is 9.86 Å². The normalized spacial score (nSPS) is 11.3. The lowest BCUT2D eigenvalue weighted by molar-refractivity contribution is 0.0697. The highest BCUT2D eigenvalue weighted by Gasteiger charge is 2.03. The monoisotopic (exact) mass is 342 g/mol. The number of carbonyl (C=O) groups is 1. The molecule has 0 aliphatic rings. The molecule has 0 saturated heterocycles. The minimum atomic E-state index is -0.921. The molecule has 3 rings (SSSR count). The highest BCUT2D eigenvalue weighted by molar-refractivity contribution is 9.10. The zero-order valence-electron chi connectivity index (χ0n) is 10.9. The van der Waals surface area contributed by atoms with Crippen molar-refractivity contribution in [2.24, 2.45) is 0 Å². The Balaban J connectivity index is 1.90. The number of carboxylic acids is 1. The van der Waals surface area contributed by atoms with Gasteiger partial charge in [0.05, 0.1) is 16.8 Å². The van der Waals surface area contributed by atoms with E-state index in [4.69, 9.17) is 5.11 Å². The lowest BCUT2D eigenvalue weighted by atomic mass is 10.1. The van der Waals surface area contributed by atoms with Crippen LogP contribution >= 0.6 is 15.9 Å². The summed E-state index contributed by atoms with van der Waals surface area (Å²) in [6.45, 7) is 0. The zero-order chi connectivity index (χ0) is 14.8. The van der Waals surface area contributed by atoms with E-state index in [2.05, 4.69) is 26.1 Å². The summed E-state index contributed by atoms with van der Waals surface area (Å²) >= 11 is 3.45. The van der Waals surface area contributed by atoms with E-state index in [9.17, 15) is 4.79 Å². The minimum Gasteiger partial charge on any atom is -0.478 e. The van der Waals surface area contributed by atoms with Gasteiger partial charge < -0.3 is 5.11 Å². The lowest BCUT2D eigenvalue weighted by Crippen LogP contribution is -1.94. The molecule has 104 valence electrons. The molecule has 4 nitrogen and oxygen atoms in total. The molecule has 0 saturated carbocycles. The molecule has 0 atom stereocenters. The van der Waals surface area contributed by atoms with Crippen LogP contribution in [0.5, 0.6) is 0 Å². The average molecular weight is 343 g/mol. The van der Waals surface area contributed by atoms with E-state index in [1.54, 1.807) is 24.3 Å². The lowest BCUT2D eigenvalue weighted by Gasteiger charge is -1.96. The summed E-state index contributed by atoms with van der Waals surface area (Å²) in [6.07, 6.45) is 3.84. The first-order valence-corrected chi connectivity index (χ1v) is 7.08. The second-order valence-electron chi connectivity index (χ2n) is 4.56. The quantitative estimate of drug-likeness (QED) is 0.749. The standard InChI is InChI=1S/C16H11BrN2O2/c17-12-6-8-15-13(9-12)14(18-19-15)7-3-10-1-4-11(5-2-10)16(20)21/h1-9H,(H,18,19)(H,20,21)/b7-3+. The summed E-state index contributed by atoms with van der Waals surface area (Å²) < 4.78 is 0.997. The Hall–Kier alpha value is -2.40. The third-order valence-corrected chi connectivity index (χ3v) is 3.64. The van der Waals surface area contributed by atoms with Gasteiger partial charge in [-0.1, -0.05) is 34.1 Å². The number of aromatic carboxylic acids is 1. The SMILES string of the molecule is O=C(O)c1ccc(/C=C/c2[nH]nc3ccc(Br)cc23)cc1. The predicted octanol–water partition coefficient (Wildman–Crippen LogP) is 4.19. The molecule has 0 amide bonds. The fraction of sp³-hybridized carbons (Fsp3) is 0. The van der Waals surface area contributed by atoms with Crippen molar-refractivity contribution < 1.29 is 9.90 Å². The van der Waals surface area contributed by atoms with E-state index in [-0.39, 0.29) is 5.56 Å². The fourth-order valence-electron chi connectivity index (χ4n) is 2.05. The molecule has 0 aliphatic heterocycles. The van der Waals surface area contributed by atoms with Crippen LogP contribution in [0.4, 0.5) is 0 Å². The first kappa shape index (κ1) is 13.6. The van der Waals surface area contributed by atoms with Gasteiger partial charge >= 0.3 is 5.97 Å². The maximum atomic E-state index is 10.8. The third kappa shape index (κ3) is 2.87. The number of hydrogen-bond acceptors (Lipinski definition) is 2. The van der Waals surface area contributed by atoms with Crippen molar-refractivity contribution in [2.45, 2.75) is 0 Å². The number of fused-ring (bicyclic) bond motifs is 1. The molecule has 21 heavy (non-hydrogen) atoms. The first-order chi connectivity index (χ1) is 10.1. The molecule has 5 heteroatoms. The van der Waals surface area contributed by atoms with Gasteiger partial charge in [0.2, 0.25) is 0 Å². The maximum absolute atomic E-state index is 10.8. The largest absolute Gasteiger partial charge is 0.478 e. The van der Waals surface area contributed by atoms with Gasteiger partial charge in [-0.3, -0.25) is 5.10 Å². The van der Waals surface area contributed by atoms with Crippen LogP contribution in [0.25, 0.3) is 23.1 Å².